The van der Waals surface area contributed by atoms with Gasteiger partial charge in [-0.1, -0.05) is 18.2 Å². The van der Waals surface area contributed by atoms with Gasteiger partial charge in [0.2, 0.25) is 12.2 Å². The maximum atomic E-state index is 12.5. The van der Waals surface area contributed by atoms with Crippen LogP contribution in [0, 0.1) is 10.1 Å². The number of amides is 1. The van der Waals surface area contributed by atoms with E-state index in [4.69, 9.17) is 0 Å². The zero-order valence-electron chi connectivity index (χ0n) is 11.5. The van der Waals surface area contributed by atoms with Gasteiger partial charge in [0.1, 0.15) is 12.7 Å². The van der Waals surface area contributed by atoms with Crippen LogP contribution in [0.1, 0.15) is 12.5 Å². The quantitative estimate of drug-likeness (QED) is 0.636. The molecule has 7 heteroatoms. The molecule has 2 heterocycles. The lowest BCUT2D eigenvalue weighted by Gasteiger charge is -2.22. The summed E-state index contributed by atoms with van der Waals surface area (Å²) in [5, 5.41) is 10.6. The van der Waals surface area contributed by atoms with Gasteiger partial charge in [0, 0.05) is 11.7 Å². The van der Waals surface area contributed by atoms with Crippen molar-refractivity contribution in [3.05, 3.63) is 52.5 Å². The van der Waals surface area contributed by atoms with Crippen molar-refractivity contribution in [3.8, 4) is 0 Å². The van der Waals surface area contributed by atoms with Crippen LogP contribution in [0.25, 0.3) is 0 Å². The maximum Gasteiger partial charge on any atom is 0.381 e. The van der Waals surface area contributed by atoms with Crippen molar-refractivity contribution >= 4 is 17.4 Å². The average Bonchev–Trinajstić information content (AvgIpc) is 3.01. The molecule has 108 valence electrons. The summed E-state index contributed by atoms with van der Waals surface area (Å²) in [6, 6.07) is 7.89. The van der Waals surface area contributed by atoms with Crippen LogP contribution in [0.5, 0.6) is 0 Å². The Morgan fingerprint density at radius 1 is 1.48 bits per heavy atom. The highest BCUT2D eigenvalue weighted by molar-refractivity contribution is 5.96. The van der Waals surface area contributed by atoms with Gasteiger partial charge in [0.25, 0.3) is 0 Å². The molecule has 0 unspecified atom stereocenters. The highest BCUT2D eigenvalue weighted by atomic mass is 16.6. The first-order valence-corrected chi connectivity index (χ1v) is 6.62. The van der Waals surface area contributed by atoms with Crippen molar-refractivity contribution in [2.45, 2.75) is 25.9 Å². The number of carbonyl (C=O) groups is 1. The molecule has 2 aromatic rings. The van der Waals surface area contributed by atoms with Crippen LogP contribution < -0.4 is 4.90 Å². The largest absolute Gasteiger partial charge is 0.381 e. The summed E-state index contributed by atoms with van der Waals surface area (Å²) >= 11 is 0. The number of nitrogens with zero attached hydrogens (tertiary/aromatic N) is 4. The van der Waals surface area contributed by atoms with Crippen molar-refractivity contribution in [3.63, 3.8) is 0 Å². The van der Waals surface area contributed by atoms with Crippen molar-refractivity contribution < 1.29 is 9.72 Å². The Morgan fingerprint density at radius 2 is 2.24 bits per heavy atom. The minimum Gasteiger partial charge on any atom is -0.358 e. The number of nitro groups is 1. The van der Waals surface area contributed by atoms with E-state index in [2.05, 4.69) is 4.98 Å². The molecule has 1 aromatic heterocycles. The smallest absolute Gasteiger partial charge is 0.358 e. The van der Waals surface area contributed by atoms with Crippen LogP contribution in [0.15, 0.2) is 36.8 Å². The van der Waals surface area contributed by atoms with Gasteiger partial charge in [-0.15, -0.1) is 0 Å². The summed E-state index contributed by atoms with van der Waals surface area (Å²) < 4.78 is 1.44. The molecular weight excluding hydrogens is 272 g/mol. The molecule has 0 bridgehead atoms. The Labute approximate surface area is 121 Å². The average molecular weight is 286 g/mol. The zero-order valence-corrected chi connectivity index (χ0v) is 11.5. The number of fused-ring (bicyclic) bond motifs is 1. The number of hydrogen-bond donors (Lipinski definition) is 0. The minimum atomic E-state index is -0.575. The van der Waals surface area contributed by atoms with Crippen molar-refractivity contribution in [1.82, 2.24) is 9.55 Å². The van der Waals surface area contributed by atoms with Crippen molar-refractivity contribution in [2.24, 2.45) is 0 Å². The summed E-state index contributed by atoms with van der Waals surface area (Å²) in [5.41, 5.74) is 2.07. The zero-order chi connectivity index (χ0) is 15.0. The monoisotopic (exact) mass is 286 g/mol. The van der Waals surface area contributed by atoms with E-state index in [1.165, 1.54) is 17.1 Å². The van der Waals surface area contributed by atoms with E-state index in [9.17, 15) is 14.9 Å². The fourth-order valence-electron chi connectivity index (χ4n) is 2.71. The van der Waals surface area contributed by atoms with Crippen LogP contribution in [-0.2, 0) is 17.8 Å². The standard InChI is InChI=1S/C14H14N4O3/c1-10-6-11-4-2-3-5-12(11)17(10)14(19)8-16-7-13(15-9-16)18(20)21/h2-5,7,9-10H,6,8H2,1H3/t10-/m0/s1. The lowest BCUT2D eigenvalue weighted by atomic mass is 10.1. The van der Waals surface area contributed by atoms with Gasteiger partial charge in [0.05, 0.1) is 0 Å². The predicted molar refractivity (Wildman–Crippen MR) is 76.0 cm³/mol. The van der Waals surface area contributed by atoms with Gasteiger partial charge < -0.3 is 19.6 Å². The third-order valence-electron chi connectivity index (χ3n) is 3.60. The van der Waals surface area contributed by atoms with Crippen LogP contribution in [0.3, 0.4) is 0 Å². The van der Waals surface area contributed by atoms with Gasteiger partial charge in [-0.25, -0.2) is 0 Å². The molecule has 1 aliphatic heterocycles. The minimum absolute atomic E-state index is 0.0412. The van der Waals surface area contributed by atoms with Gasteiger partial charge in [-0.3, -0.25) is 4.79 Å². The van der Waals surface area contributed by atoms with Gasteiger partial charge in [0.15, 0.2) is 0 Å². The summed E-state index contributed by atoms with van der Waals surface area (Å²) in [5.74, 6) is -0.350. The Morgan fingerprint density at radius 3 is 2.95 bits per heavy atom. The first kappa shape index (κ1) is 13.3. The fraction of sp³-hybridized carbons (Fsp3) is 0.286. The van der Waals surface area contributed by atoms with E-state index < -0.39 is 4.92 Å². The molecule has 0 N–H and O–H groups in total. The maximum absolute atomic E-state index is 12.5. The third-order valence-corrected chi connectivity index (χ3v) is 3.60. The highest BCUT2D eigenvalue weighted by Gasteiger charge is 2.30. The lowest BCUT2D eigenvalue weighted by molar-refractivity contribution is -0.389. The van der Waals surface area contributed by atoms with Crippen molar-refractivity contribution in [2.75, 3.05) is 4.90 Å². The van der Waals surface area contributed by atoms with Crippen LogP contribution in [-0.4, -0.2) is 26.4 Å². The normalized spacial score (nSPS) is 16.8. The predicted octanol–water partition coefficient (Wildman–Crippen LogP) is 1.77. The molecule has 1 atom stereocenters. The number of anilines is 1. The first-order chi connectivity index (χ1) is 10.1. The molecule has 1 amide bonds. The molecule has 1 aromatic carbocycles. The molecule has 0 aliphatic carbocycles. The van der Waals surface area contributed by atoms with E-state index in [1.54, 1.807) is 4.90 Å². The Bertz CT molecular complexity index is 710. The third kappa shape index (κ3) is 2.37. The van der Waals surface area contributed by atoms with Crippen molar-refractivity contribution in [1.29, 1.82) is 0 Å². The van der Waals surface area contributed by atoms with E-state index >= 15 is 0 Å². The number of aromatic nitrogens is 2. The molecule has 0 saturated heterocycles. The summed E-state index contributed by atoms with van der Waals surface area (Å²) in [6.07, 6.45) is 3.40. The Kier molecular flexibility index (Phi) is 3.17. The second-order valence-corrected chi connectivity index (χ2v) is 5.11. The SMILES string of the molecule is C[C@H]1Cc2ccccc2N1C(=O)Cn1cnc([N+](=O)[O-])c1. The fourth-order valence-corrected chi connectivity index (χ4v) is 2.71. The van der Waals surface area contributed by atoms with Gasteiger partial charge in [-0.05, 0) is 34.9 Å². The number of rotatable bonds is 3. The molecule has 21 heavy (non-hydrogen) atoms. The molecule has 0 spiro atoms. The number of para-hydroxylation sites is 1. The molecule has 1 aliphatic rings. The van der Waals surface area contributed by atoms with Crippen LogP contribution >= 0.6 is 0 Å². The van der Waals surface area contributed by atoms with Gasteiger partial charge >= 0.3 is 5.82 Å². The molecule has 0 radical (unpaired) electrons. The Balaban J connectivity index is 1.80. The van der Waals surface area contributed by atoms with Crippen LogP contribution in [0.4, 0.5) is 11.5 Å². The first-order valence-electron chi connectivity index (χ1n) is 6.62. The second kappa shape index (κ2) is 5.01. The lowest BCUT2D eigenvalue weighted by Crippen LogP contribution is -2.37. The number of hydrogen-bond acceptors (Lipinski definition) is 4. The summed E-state index contributed by atoms with van der Waals surface area (Å²) in [7, 11) is 0. The van der Waals surface area contributed by atoms with E-state index in [1.807, 2.05) is 31.2 Å². The van der Waals surface area contributed by atoms with E-state index in [0.29, 0.717) is 0 Å². The Hall–Kier alpha value is -2.70. The number of benzene rings is 1. The molecular formula is C14H14N4O3. The topological polar surface area (TPSA) is 81.3 Å². The summed E-state index contributed by atoms with van der Waals surface area (Å²) in [4.78, 5) is 27.9. The van der Waals surface area contributed by atoms with Crippen LogP contribution in [0.2, 0.25) is 0 Å². The molecule has 0 fully saturated rings. The van der Waals surface area contributed by atoms with E-state index in [0.717, 1.165) is 17.7 Å². The molecule has 0 saturated carbocycles. The summed E-state index contributed by atoms with van der Waals surface area (Å²) in [6.45, 7) is 2.04. The van der Waals surface area contributed by atoms with E-state index in [-0.39, 0.29) is 24.3 Å². The molecule has 3 rings (SSSR count). The number of imidazole rings is 1. The molecule has 7 nitrogen and oxygen atoms in total. The second-order valence-electron chi connectivity index (χ2n) is 5.11. The number of carbonyl (C=O) groups excluding carboxylic acids is 1. The highest BCUT2D eigenvalue weighted by Crippen LogP contribution is 2.31. The van der Waals surface area contributed by atoms with Gasteiger partial charge in [-0.2, -0.15) is 0 Å².